The number of ether oxygens (including phenoxy) is 1. The van der Waals surface area contributed by atoms with E-state index in [0.717, 1.165) is 10.2 Å². The number of hydrazone groups is 1. The van der Waals surface area contributed by atoms with Crippen LogP contribution in [0.1, 0.15) is 11.5 Å². The van der Waals surface area contributed by atoms with Crippen molar-refractivity contribution in [1.29, 1.82) is 0 Å². The van der Waals surface area contributed by atoms with Gasteiger partial charge >= 0.3 is 0 Å². The summed E-state index contributed by atoms with van der Waals surface area (Å²) < 4.78 is 11.5. The van der Waals surface area contributed by atoms with Crippen LogP contribution >= 0.6 is 27.5 Å². The molecule has 2 aromatic rings. The Labute approximate surface area is 135 Å². The zero-order valence-corrected chi connectivity index (χ0v) is 13.4. The van der Waals surface area contributed by atoms with Crippen LogP contribution in [0.3, 0.4) is 0 Å². The molecule has 5 nitrogen and oxygen atoms in total. The first kappa shape index (κ1) is 15.6. The standard InChI is InChI=1S/C14H12BrClN2O3/c1-9-13(15)6-12(21-9)7-17-18-14(19)8-20-11-4-2-10(16)3-5-11/h2-7H,8H2,1H3,(H,18,19)/b17-7+. The Morgan fingerprint density at radius 3 is 2.81 bits per heavy atom. The number of benzene rings is 1. The van der Waals surface area contributed by atoms with Crippen molar-refractivity contribution >= 4 is 39.7 Å². The molecule has 0 aliphatic heterocycles. The molecule has 0 unspecified atom stereocenters. The van der Waals surface area contributed by atoms with E-state index in [2.05, 4.69) is 26.5 Å². The third-order valence-electron chi connectivity index (χ3n) is 2.44. The van der Waals surface area contributed by atoms with Gasteiger partial charge in [-0.2, -0.15) is 5.10 Å². The van der Waals surface area contributed by atoms with Gasteiger partial charge in [0, 0.05) is 11.1 Å². The molecule has 1 amide bonds. The van der Waals surface area contributed by atoms with Crippen LogP contribution in [0.4, 0.5) is 0 Å². The van der Waals surface area contributed by atoms with Gasteiger partial charge in [0.15, 0.2) is 6.61 Å². The van der Waals surface area contributed by atoms with Crippen LogP contribution < -0.4 is 10.2 Å². The van der Waals surface area contributed by atoms with Gasteiger partial charge in [-0.15, -0.1) is 0 Å². The Balaban J connectivity index is 1.78. The molecule has 7 heteroatoms. The van der Waals surface area contributed by atoms with Crippen LogP contribution in [-0.4, -0.2) is 18.7 Å². The molecule has 21 heavy (non-hydrogen) atoms. The summed E-state index contributed by atoms with van der Waals surface area (Å²) in [4.78, 5) is 11.5. The molecule has 1 aromatic carbocycles. The van der Waals surface area contributed by atoms with Gasteiger partial charge in [-0.1, -0.05) is 11.6 Å². The maximum atomic E-state index is 11.5. The SMILES string of the molecule is Cc1oc(/C=N/NC(=O)COc2ccc(Cl)cc2)cc1Br. The second-order valence-corrected chi connectivity index (χ2v) is 5.38. The number of carbonyl (C=O) groups excluding carboxylic acids is 1. The summed E-state index contributed by atoms with van der Waals surface area (Å²) in [5.41, 5.74) is 2.35. The van der Waals surface area contributed by atoms with E-state index in [-0.39, 0.29) is 12.5 Å². The number of furan rings is 1. The van der Waals surface area contributed by atoms with Gasteiger partial charge in [-0.25, -0.2) is 5.43 Å². The molecule has 2 rings (SSSR count). The molecule has 110 valence electrons. The minimum absolute atomic E-state index is 0.139. The summed E-state index contributed by atoms with van der Waals surface area (Å²) in [6.45, 7) is 1.68. The summed E-state index contributed by atoms with van der Waals surface area (Å²) in [6.07, 6.45) is 1.41. The van der Waals surface area contributed by atoms with E-state index in [0.29, 0.717) is 16.5 Å². The normalized spacial score (nSPS) is 10.8. The lowest BCUT2D eigenvalue weighted by Gasteiger charge is -2.04. The minimum Gasteiger partial charge on any atom is -0.484 e. The fraction of sp³-hybridized carbons (Fsp3) is 0.143. The van der Waals surface area contributed by atoms with Gasteiger partial charge in [0.1, 0.15) is 17.3 Å². The van der Waals surface area contributed by atoms with Crippen molar-refractivity contribution in [2.75, 3.05) is 6.61 Å². The molecule has 0 bridgehead atoms. The molecule has 0 atom stereocenters. The summed E-state index contributed by atoms with van der Waals surface area (Å²) in [6, 6.07) is 8.49. The van der Waals surface area contributed by atoms with Crippen LogP contribution in [-0.2, 0) is 4.79 Å². The summed E-state index contributed by atoms with van der Waals surface area (Å²) >= 11 is 9.07. The van der Waals surface area contributed by atoms with Crippen molar-refractivity contribution in [3.05, 3.63) is 51.3 Å². The Hall–Kier alpha value is -1.79. The van der Waals surface area contributed by atoms with Crippen molar-refractivity contribution in [3.8, 4) is 5.75 Å². The molecular weight excluding hydrogens is 360 g/mol. The lowest BCUT2D eigenvalue weighted by molar-refractivity contribution is -0.123. The van der Waals surface area contributed by atoms with Gasteiger partial charge < -0.3 is 9.15 Å². The third kappa shape index (κ3) is 4.91. The highest BCUT2D eigenvalue weighted by Gasteiger charge is 2.03. The Kier molecular flexibility index (Phi) is 5.41. The number of nitrogens with zero attached hydrogens (tertiary/aromatic N) is 1. The van der Waals surface area contributed by atoms with Crippen LogP contribution in [0.15, 0.2) is 44.3 Å². The highest BCUT2D eigenvalue weighted by molar-refractivity contribution is 9.10. The highest BCUT2D eigenvalue weighted by Crippen LogP contribution is 2.19. The summed E-state index contributed by atoms with van der Waals surface area (Å²) in [7, 11) is 0. The molecule has 0 fully saturated rings. The first-order valence-corrected chi connectivity index (χ1v) is 7.18. The molecule has 0 saturated carbocycles. The fourth-order valence-corrected chi connectivity index (χ4v) is 1.86. The van der Waals surface area contributed by atoms with E-state index in [9.17, 15) is 4.79 Å². The van der Waals surface area contributed by atoms with Crippen LogP contribution in [0.25, 0.3) is 0 Å². The van der Waals surface area contributed by atoms with Crippen molar-refractivity contribution in [3.63, 3.8) is 0 Å². The highest BCUT2D eigenvalue weighted by atomic mass is 79.9. The monoisotopic (exact) mass is 370 g/mol. The number of aryl methyl sites for hydroxylation is 1. The minimum atomic E-state index is -0.372. The predicted octanol–water partition coefficient (Wildman–Crippen LogP) is 3.53. The molecule has 0 saturated heterocycles. The van der Waals surface area contributed by atoms with Gasteiger partial charge in [0.2, 0.25) is 0 Å². The average molecular weight is 372 g/mol. The molecule has 0 spiro atoms. The van der Waals surface area contributed by atoms with Crippen molar-refractivity contribution in [1.82, 2.24) is 5.43 Å². The quantitative estimate of drug-likeness (QED) is 0.646. The van der Waals surface area contributed by atoms with Crippen LogP contribution in [0, 0.1) is 6.92 Å². The molecular formula is C14H12BrClN2O3. The van der Waals surface area contributed by atoms with Crippen molar-refractivity contribution < 1.29 is 13.9 Å². The molecule has 0 radical (unpaired) electrons. The Morgan fingerprint density at radius 2 is 2.19 bits per heavy atom. The zero-order valence-electron chi connectivity index (χ0n) is 11.1. The van der Waals surface area contributed by atoms with Gasteiger partial charge in [0.25, 0.3) is 5.91 Å². The predicted molar refractivity (Wildman–Crippen MR) is 83.8 cm³/mol. The van der Waals surface area contributed by atoms with Gasteiger partial charge in [0.05, 0.1) is 10.7 Å². The lowest BCUT2D eigenvalue weighted by atomic mass is 10.3. The fourth-order valence-electron chi connectivity index (χ4n) is 1.43. The van der Waals surface area contributed by atoms with Gasteiger partial charge in [-0.3, -0.25) is 4.79 Å². The number of nitrogens with one attached hydrogen (secondary N) is 1. The topological polar surface area (TPSA) is 63.8 Å². The molecule has 1 aromatic heterocycles. The third-order valence-corrected chi connectivity index (χ3v) is 3.48. The first-order valence-electron chi connectivity index (χ1n) is 6.01. The largest absolute Gasteiger partial charge is 0.484 e. The smallest absolute Gasteiger partial charge is 0.277 e. The molecule has 0 aliphatic rings. The summed E-state index contributed by atoms with van der Waals surface area (Å²) in [5.74, 6) is 1.47. The molecule has 1 heterocycles. The van der Waals surface area contributed by atoms with Gasteiger partial charge in [-0.05, 0) is 47.1 Å². The van der Waals surface area contributed by atoms with Crippen molar-refractivity contribution in [2.45, 2.75) is 6.92 Å². The lowest BCUT2D eigenvalue weighted by Crippen LogP contribution is -2.24. The van der Waals surface area contributed by atoms with E-state index in [4.69, 9.17) is 20.8 Å². The second-order valence-electron chi connectivity index (χ2n) is 4.09. The number of hydrogen-bond donors (Lipinski definition) is 1. The van der Waals surface area contributed by atoms with E-state index < -0.39 is 0 Å². The second kappa shape index (κ2) is 7.28. The van der Waals surface area contributed by atoms with Crippen LogP contribution in [0.2, 0.25) is 5.02 Å². The van der Waals surface area contributed by atoms with Crippen molar-refractivity contribution in [2.24, 2.45) is 5.10 Å². The van der Waals surface area contributed by atoms with E-state index >= 15 is 0 Å². The van der Waals surface area contributed by atoms with E-state index in [1.165, 1.54) is 6.21 Å². The molecule has 0 aliphatic carbocycles. The Bertz CT molecular complexity index is 633. The number of carbonyl (C=O) groups is 1. The van der Waals surface area contributed by atoms with E-state index in [1.54, 1.807) is 30.3 Å². The number of halogens is 2. The number of amides is 1. The zero-order chi connectivity index (χ0) is 15.2. The number of rotatable bonds is 5. The van der Waals surface area contributed by atoms with Crippen LogP contribution in [0.5, 0.6) is 5.75 Å². The Morgan fingerprint density at radius 1 is 1.48 bits per heavy atom. The summed E-state index contributed by atoms with van der Waals surface area (Å²) in [5, 5.41) is 4.39. The number of hydrogen-bond acceptors (Lipinski definition) is 4. The average Bonchev–Trinajstić information content (AvgIpc) is 2.77. The van der Waals surface area contributed by atoms with E-state index in [1.807, 2.05) is 6.92 Å². The molecule has 1 N–H and O–H groups in total. The maximum absolute atomic E-state index is 11.5. The first-order chi connectivity index (χ1) is 10.0. The maximum Gasteiger partial charge on any atom is 0.277 e.